The monoisotopic (exact) mass is 277 g/mol. The second-order valence-corrected chi connectivity index (χ2v) is 4.26. The lowest BCUT2D eigenvalue weighted by Gasteiger charge is -2.18. The predicted molar refractivity (Wildman–Crippen MR) is 79.5 cm³/mol. The summed E-state index contributed by atoms with van der Waals surface area (Å²) in [5, 5.41) is 15.8. The van der Waals surface area contributed by atoms with E-state index in [-0.39, 0.29) is 12.7 Å². The van der Waals surface area contributed by atoms with E-state index in [1.54, 1.807) is 10.9 Å². The standard InChI is InChI=1S/C13H16N2O2.C2H7N/c1-15-12(7-8-14-15)13(17-10-9-16)11-5-3-2-4-6-11;1-3-2/h2-8,13,16H,9-10H2,1H3;3H,1-2H3. The Balaban J connectivity index is 0.000000612. The summed E-state index contributed by atoms with van der Waals surface area (Å²) in [5.41, 5.74) is 2.04. The normalized spacial score (nSPS) is 11.6. The van der Waals surface area contributed by atoms with Gasteiger partial charge < -0.3 is 15.2 Å². The van der Waals surface area contributed by atoms with Gasteiger partial charge in [0.1, 0.15) is 6.10 Å². The SMILES string of the molecule is CNC.Cn1nccc1C(OCCO)c1ccccc1. The fourth-order valence-electron chi connectivity index (χ4n) is 1.79. The van der Waals surface area contributed by atoms with Crippen molar-refractivity contribution in [1.29, 1.82) is 0 Å². The number of ether oxygens (including phenoxy) is 1. The number of benzene rings is 1. The Kier molecular flexibility index (Phi) is 7.57. The molecule has 0 spiro atoms. The van der Waals surface area contributed by atoms with E-state index >= 15 is 0 Å². The third-order valence-electron chi connectivity index (χ3n) is 2.61. The van der Waals surface area contributed by atoms with Crippen molar-refractivity contribution in [2.75, 3.05) is 27.3 Å². The van der Waals surface area contributed by atoms with Crippen LogP contribution in [-0.4, -0.2) is 42.2 Å². The largest absolute Gasteiger partial charge is 0.394 e. The zero-order valence-corrected chi connectivity index (χ0v) is 12.3. The van der Waals surface area contributed by atoms with Gasteiger partial charge in [-0.05, 0) is 25.7 Å². The highest BCUT2D eigenvalue weighted by atomic mass is 16.5. The molecule has 0 aliphatic rings. The Morgan fingerprint density at radius 1 is 1.25 bits per heavy atom. The second kappa shape index (κ2) is 9.25. The van der Waals surface area contributed by atoms with Crippen LogP contribution in [0.5, 0.6) is 0 Å². The Hall–Kier alpha value is -1.69. The van der Waals surface area contributed by atoms with Crippen molar-refractivity contribution in [2.45, 2.75) is 6.10 Å². The van der Waals surface area contributed by atoms with Crippen molar-refractivity contribution in [2.24, 2.45) is 7.05 Å². The van der Waals surface area contributed by atoms with Crippen LogP contribution in [0.3, 0.4) is 0 Å². The van der Waals surface area contributed by atoms with E-state index in [1.807, 2.05) is 57.5 Å². The van der Waals surface area contributed by atoms with E-state index in [9.17, 15) is 0 Å². The number of nitrogens with one attached hydrogen (secondary N) is 1. The van der Waals surface area contributed by atoms with Crippen molar-refractivity contribution >= 4 is 0 Å². The molecule has 1 aromatic heterocycles. The molecule has 0 bridgehead atoms. The molecule has 5 heteroatoms. The van der Waals surface area contributed by atoms with Crippen molar-refractivity contribution in [3.05, 3.63) is 53.9 Å². The molecule has 1 unspecified atom stereocenters. The van der Waals surface area contributed by atoms with Crippen LogP contribution in [0.2, 0.25) is 0 Å². The Bertz CT molecular complexity index is 471. The van der Waals surface area contributed by atoms with E-state index in [1.165, 1.54) is 0 Å². The summed E-state index contributed by atoms with van der Waals surface area (Å²) in [6, 6.07) is 11.9. The lowest BCUT2D eigenvalue weighted by atomic mass is 10.1. The summed E-state index contributed by atoms with van der Waals surface area (Å²) in [6.45, 7) is 0.325. The first-order valence-corrected chi connectivity index (χ1v) is 6.58. The molecular formula is C15H23N3O2. The molecule has 0 aliphatic carbocycles. The molecule has 5 nitrogen and oxygen atoms in total. The van der Waals surface area contributed by atoms with Gasteiger partial charge in [0.2, 0.25) is 0 Å². The quantitative estimate of drug-likeness (QED) is 0.866. The van der Waals surface area contributed by atoms with Gasteiger partial charge in [-0.3, -0.25) is 4.68 Å². The summed E-state index contributed by atoms with van der Waals surface area (Å²) in [5.74, 6) is 0. The van der Waals surface area contributed by atoms with Crippen molar-refractivity contribution in [3.63, 3.8) is 0 Å². The number of aryl methyl sites for hydroxylation is 1. The van der Waals surface area contributed by atoms with Gasteiger partial charge >= 0.3 is 0 Å². The topological polar surface area (TPSA) is 59.3 Å². The first-order chi connectivity index (χ1) is 9.74. The van der Waals surface area contributed by atoms with E-state index < -0.39 is 0 Å². The Morgan fingerprint density at radius 3 is 2.40 bits per heavy atom. The lowest BCUT2D eigenvalue weighted by molar-refractivity contribution is 0.0460. The summed E-state index contributed by atoms with van der Waals surface area (Å²) in [6.07, 6.45) is 1.56. The molecule has 20 heavy (non-hydrogen) atoms. The third kappa shape index (κ3) is 4.77. The molecule has 2 rings (SSSR count). The summed E-state index contributed by atoms with van der Waals surface area (Å²) in [4.78, 5) is 0. The second-order valence-electron chi connectivity index (χ2n) is 4.26. The minimum absolute atomic E-state index is 0.0151. The zero-order chi connectivity index (χ0) is 14.8. The molecule has 0 saturated heterocycles. The molecule has 0 fully saturated rings. The zero-order valence-electron chi connectivity index (χ0n) is 12.3. The maximum absolute atomic E-state index is 8.88. The fourth-order valence-corrected chi connectivity index (χ4v) is 1.79. The number of hydrogen-bond acceptors (Lipinski definition) is 4. The van der Waals surface area contributed by atoms with Gasteiger partial charge in [-0.25, -0.2) is 0 Å². The third-order valence-corrected chi connectivity index (χ3v) is 2.61. The average molecular weight is 277 g/mol. The van der Waals surface area contributed by atoms with Crippen LogP contribution in [0.1, 0.15) is 17.4 Å². The van der Waals surface area contributed by atoms with Gasteiger partial charge in [-0.1, -0.05) is 30.3 Å². The maximum Gasteiger partial charge on any atom is 0.124 e. The molecule has 1 aromatic carbocycles. The van der Waals surface area contributed by atoms with Crippen LogP contribution in [0, 0.1) is 0 Å². The first kappa shape index (κ1) is 16.4. The molecular weight excluding hydrogens is 254 g/mol. The molecule has 110 valence electrons. The van der Waals surface area contributed by atoms with Gasteiger partial charge in [0, 0.05) is 13.2 Å². The minimum Gasteiger partial charge on any atom is -0.394 e. The van der Waals surface area contributed by atoms with Gasteiger partial charge in [0.15, 0.2) is 0 Å². The van der Waals surface area contributed by atoms with Crippen molar-refractivity contribution < 1.29 is 9.84 Å². The molecule has 2 aromatic rings. The van der Waals surface area contributed by atoms with E-state index in [4.69, 9.17) is 9.84 Å². The summed E-state index contributed by atoms with van der Waals surface area (Å²) >= 11 is 0. The van der Waals surface area contributed by atoms with Gasteiger partial charge in [0.05, 0.1) is 18.9 Å². The van der Waals surface area contributed by atoms with E-state index in [2.05, 4.69) is 10.4 Å². The van der Waals surface area contributed by atoms with Gasteiger partial charge in [0.25, 0.3) is 0 Å². The number of aliphatic hydroxyl groups excluding tert-OH is 1. The highest BCUT2D eigenvalue weighted by Gasteiger charge is 2.17. The number of aromatic nitrogens is 2. The van der Waals surface area contributed by atoms with Crippen LogP contribution in [0.25, 0.3) is 0 Å². The summed E-state index contributed by atoms with van der Waals surface area (Å²) < 4.78 is 7.48. The number of rotatable bonds is 5. The predicted octanol–water partition coefficient (Wildman–Crippen LogP) is 1.35. The first-order valence-electron chi connectivity index (χ1n) is 6.58. The van der Waals surface area contributed by atoms with E-state index in [0.29, 0.717) is 6.61 Å². The fraction of sp³-hybridized carbons (Fsp3) is 0.400. The lowest BCUT2D eigenvalue weighted by Crippen LogP contribution is -2.13. The van der Waals surface area contributed by atoms with Crippen LogP contribution >= 0.6 is 0 Å². The molecule has 0 saturated carbocycles. The van der Waals surface area contributed by atoms with E-state index in [0.717, 1.165) is 11.3 Å². The Morgan fingerprint density at radius 2 is 1.90 bits per heavy atom. The smallest absolute Gasteiger partial charge is 0.124 e. The molecule has 0 amide bonds. The number of aliphatic hydroxyl groups is 1. The summed E-state index contributed by atoms with van der Waals surface area (Å²) in [7, 11) is 5.63. The van der Waals surface area contributed by atoms with Crippen molar-refractivity contribution in [1.82, 2.24) is 15.1 Å². The number of hydrogen-bond donors (Lipinski definition) is 2. The van der Waals surface area contributed by atoms with Gasteiger partial charge in [-0.15, -0.1) is 0 Å². The molecule has 1 atom stereocenters. The van der Waals surface area contributed by atoms with Gasteiger partial charge in [-0.2, -0.15) is 5.10 Å². The molecule has 0 aliphatic heterocycles. The van der Waals surface area contributed by atoms with Crippen LogP contribution in [0.15, 0.2) is 42.6 Å². The Labute approximate surface area is 120 Å². The molecule has 0 radical (unpaired) electrons. The van der Waals surface area contributed by atoms with Crippen LogP contribution < -0.4 is 5.32 Å². The molecule has 1 heterocycles. The average Bonchev–Trinajstić information content (AvgIpc) is 2.88. The van der Waals surface area contributed by atoms with Crippen LogP contribution in [-0.2, 0) is 11.8 Å². The highest BCUT2D eigenvalue weighted by Crippen LogP contribution is 2.24. The minimum atomic E-state index is -0.184. The van der Waals surface area contributed by atoms with Crippen molar-refractivity contribution in [3.8, 4) is 0 Å². The number of nitrogens with zero attached hydrogens (tertiary/aromatic N) is 2. The van der Waals surface area contributed by atoms with Crippen LogP contribution in [0.4, 0.5) is 0 Å². The maximum atomic E-state index is 8.88. The molecule has 2 N–H and O–H groups in total. The highest BCUT2D eigenvalue weighted by molar-refractivity contribution is 5.25.